The number of carbonyl (C=O) groups excluding carboxylic acids is 1. The number of sulfonamides is 1. The molecule has 0 radical (unpaired) electrons. The fourth-order valence-electron chi connectivity index (χ4n) is 3.88. The summed E-state index contributed by atoms with van der Waals surface area (Å²) in [5.41, 5.74) is 0.701. The number of hydrogen-bond acceptors (Lipinski definition) is 8. The molecule has 2 aromatic heterocycles. The van der Waals surface area contributed by atoms with Gasteiger partial charge in [-0.2, -0.15) is 0 Å². The maximum Gasteiger partial charge on any atom is 0.416 e. The molecule has 0 saturated carbocycles. The van der Waals surface area contributed by atoms with E-state index in [-0.39, 0.29) is 23.5 Å². The van der Waals surface area contributed by atoms with Crippen LogP contribution in [-0.2, 0) is 21.2 Å². The Morgan fingerprint density at radius 1 is 1.23 bits per heavy atom. The van der Waals surface area contributed by atoms with E-state index in [0.29, 0.717) is 8.92 Å². The van der Waals surface area contributed by atoms with E-state index in [1.165, 1.54) is 28.4 Å². The van der Waals surface area contributed by atoms with E-state index < -0.39 is 32.7 Å². The lowest BCUT2D eigenvalue weighted by Gasteiger charge is -2.29. The van der Waals surface area contributed by atoms with Crippen molar-refractivity contribution >= 4 is 65.1 Å². The Hall–Kier alpha value is -3.33. The fraction of sp³-hybridized carbons (Fsp3) is 0.280. The topological polar surface area (TPSA) is 148 Å². The second-order valence-corrected chi connectivity index (χ2v) is 13.8. The molecule has 4 rings (SSSR count). The Morgan fingerprint density at radius 2 is 1.92 bits per heavy atom. The number of halogens is 1. The molecule has 0 aliphatic carbocycles. The second kappa shape index (κ2) is 11.4. The van der Waals surface area contributed by atoms with Crippen molar-refractivity contribution in [2.75, 3.05) is 11.4 Å². The molecule has 0 aliphatic heterocycles. The van der Waals surface area contributed by atoms with Gasteiger partial charge in [0.05, 0.1) is 19.8 Å². The molecule has 39 heavy (non-hydrogen) atoms. The van der Waals surface area contributed by atoms with Crippen molar-refractivity contribution in [2.24, 2.45) is 0 Å². The van der Waals surface area contributed by atoms with Crippen LogP contribution in [0.5, 0.6) is 0 Å². The first-order valence-electron chi connectivity index (χ1n) is 11.8. The number of anilines is 1. The van der Waals surface area contributed by atoms with Gasteiger partial charge in [-0.25, -0.2) is 22.9 Å². The zero-order valence-corrected chi connectivity index (χ0v) is 24.5. The first-order valence-corrected chi connectivity index (χ1v) is 14.9. The number of aromatic amines is 1. The summed E-state index contributed by atoms with van der Waals surface area (Å²) in [7, 11) is -4.13. The Labute approximate surface area is 237 Å². The minimum absolute atomic E-state index is 0.0966. The lowest BCUT2D eigenvalue weighted by molar-refractivity contribution is -0.384. The van der Waals surface area contributed by atoms with Gasteiger partial charge in [0, 0.05) is 41.8 Å². The summed E-state index contributed by atoms with van der Waals surface area (Å²) >= 11 is 4.57. The van der Waals surface area contributed by atoms with E-state index in [9.17, 15) is 23.3 Å². The number of carbonyl (C=O) groups is 1. The molecule has 0 aliphatic rings. The lowest BCUT2D eigenvalue weighted by Crippen LogP contribution is -2.48. The summed E-state index contributed by atoms with van der Waals surface area (Å²) < 4.78 is 35.8. The smallest absolute Gasteiger partial charge is 0.416 e. The molecule has 1 amide bonds. The number of rotatable bonds is 9. The molecule has 2 aromatic carbocycles. The number of thiazole rings is 1. The maximum atomic E-state index is 13.4. The largest absolute Gasteiger partial charge is 0.443 e. The van der Waals surface area contributed by atoms with Crippen LogP contribution in [0.1, 0.15) is 26.3 Å². The lowest BCUT2D eigenvalue weighted by atomic mass is 10.1. The quantitative estimate of drug-likeness (QED) is 0.179. The van der Waals surface area contributed by atoms with Crippen molar-refractivity contribution in [3.05, 3.63) is 80.4 Å². The summed E-state index contributed by atoms with van der Waals surface area (Å²) in [6.45, 7) is 5.12. The highest BCUT2D eigenvalue weighted by Gasteiger charge is 2.31. The standard InChI is InChI=1S/C25H26BrN5O6S2/c1-25(2,3)37-24(32)30(23-28-14-22(26)38-23)15-17(12-16-13-27-21-7-5-4-6-20(16)21)29-39(35,36)19-10-8-18(9-11-19)31(33)34/h4-11,13-14,17,27,29H,12,15H2,1-3H3/t17-/m0/s1. The molecule has 14 heteroatoms. The third-order valence-corrected chi connectivity index (χ3v) is 8.57. The molecule has 4 aromatic rings. The molecular weight excluding hydrogens is 610 g/mol. The van der Waals surface area contributed by atoms with Crippen LogP contribution in [0.3, 0.4) is 0 Å². The molecule has 1 atom stereocenters. The number of nitro benzene ring substituents is 1. The van der Waals surface area contributed by atoms with Crippen molar-refractivity contribution < 1.29 is 22.9 Å². The van der Waals surface area contributed by atoms with E-state index in [1.54, 1.807) is 33.2 Å². The molecule has 2 heterocycles. The zero-order chi connectivity index (χ0) is 28.4. The SMILES string of the molecule is CC(C)(C)OC(=O)N(C[C@H](Cc1c[nH]c2ccccc12)NS(=O)(=O)c1ccc([N+](=O)[O-])cc1)c1ncc(Br)s1. The van der Waals surface area contributed by atoms with E-state index in [4.69, 9.17) is 4.74 Å². The first kappa shape index (κ1) is 28.7. The van der Waals surface area contributed by atoms with Gasteiger partial charge in [0.15, 0.2) is 5.13 Å². The van der Waals surface area contributed by atoms with Gasteiger partial charge in [-0.1, -0.05) is 29.5 Å². The van der Waals surface area contributed by atoms with Gasteiger partial charge in [-0.05, 0) is 66.9 Å². The van der Waals surface area contributed by atoms with Crippen LogP contribution in [0, 0.1) is 10.1 Å². The molecule has 0 bridgehead atoms. The summed E-state index contributed by atoms with van der Waals surface area (Å²) in [4.78, 5) is 32.3. The van der Waals surface area contributed by atoms with Crippen molar-refractivity contribution in [1.82, 2.24) is 14.7 Å². The van der Waals surface area contributed by atoms with Crippen molar-refractivity contribution in [2.45, 2.75) is 43.7 Å². The second-order valence-electron chi connectivity index (χ2n) is 9.67. The van der Waals surface area contributed by atoms with Gasteiger partial charge in [-0.15, -0.1) is 0 Å². The van der Waals surface area contributed by atoms with Crippen molar-refractivity contribution in [1.29, 1.82) is 0 Å². The average molecular weight is 637 g/mol. The number of H-pyrrole nitrogens is 1. The van der Waals surface area contributed by atoms with E-state index >= 15 is 0 Å². The number of para-hydroxylation sites is 1. The predicted octanol–water partition coefficient (Wildman–Crippen LogP) is 5.63. The summed E-state index contributed by atoms with van der Waals surface area (Å²) in [5.74, 6) is 0. The number of nitrogens with zero attached hydrogens (tertiary/aromatic N) is 3. The van der Waals surface area contributed by atoms with Gasteiger partial charge in [-0.3, -0.25) is 15.0 Å². The first-order chi connectivity index (χ1) is 18.3. The van der Waals surface area contributed by atoms with Crippen LogP contribution in [0.4, 0.5) is 15.6 Å². The molecule has 0 unspecified atom stereocenters. The third kappa shape index (κ3) is 7.20. The Kier molecular flexibility index (Phi) is 8.39. The minimum Gasteiger partial charge on any atom is -0.443 e. The van der Waals surface area contributed by atoms with Gasteiger partial charge in [0.1, 0.15) is 5.60 Å². The molecule has 206 valence electrons. The van der Waals surface area contributed by atoms with Gasteiger partial charge >= 0.3 is 6.09 Å². The van der Waals surface area contributed by atoms with Crippen LogP contribution < -0.4 is 9.62 Å². The third-order valence-electron chi connectivity index (χ3n) is 5.53. The number of ether oxygens (including phenoxy) is 1. The summed E-state index contributed by atoms with van der Waals surface area (Å²) in [6.07, 6.45) is 2.90. The highest BCUT2D eigenvalue weighted by atomic mass is 79.9. The number of nitro groups is 1. The van der Waals surface area contributed by atoms with E-state index in [1.807, 2.05) is 24.3 Å². The predicted molar refractivity (Wildman–Crippen MR) is 153 cm³/mol. The zero-order valence-electron chi connectivity index (χ0n) is 21.3. The molecule has 0 spiro atoms. The van der Waals surface area contributed by atoms with Crippen LogP contribution in [0.15, 0.2) is 69.6 Å². The number of benzene rings is 2. The fourth-order valence-corrected chi connectivity index (χ4v) is 6.29. The molecular formula is C25H26BrN5O6S2. The van der Waals surface area contributed by atoms with Crippen molar-refractivity contribution in [3.8, 4) is 0 Å². The number of non-ortho nitro benzene ring substituents is 1. The highest BCUT2D eigenvalue weighted by molar-refractivity contribution is 9.11. The minimum atomic E-state index is -4.13. The molecule has 0 fully saturated rings. The number of nitrogens with one attached hydrogen (secondary N) is 2. The summed E-state index contributed by atoms with van der Waals surface area (Å²) in [6, 6.07) is 11.4. The Balaban J connectivity index is 1.70. The molecule has 2 N–H and O–H groups in total. The summed E-state index contributed by atoms with van der Waals surface area (Å²) in [5, 5.41) is 12.3. The van der Waals surface area contributed by atoms with Crippen molar-refractivity contribution in [3.63, 3.8) is 0 Å². The number of hydrogen-bond donors (Lipinski definition) is 2. The van der Waals surface area contributed by atoms with Gasteiger partial charge < -0.3 is 9.72 Å². The number of fused-ring (bicyclic) bond motifs is 1. The maximum absolute atomic E-state index is 13.4. The van der Waals surface area contributed by atoms with Crippen LogP contribution in [-0.4, -0.2) is 47.6 Å². The average Bonchev–Trinajstić information content (AvgIpc) is 3.47. The van der Waals surface area contributed by atoms with E-state index in [0.717, 1.165) is 28.6 Å². The molecule has 0 saturated heterocycles. The number of amides is 1. The monoisotopic (exact) mass is 635 g/mol. The number of aromatic nitrogens is 2. The Bertz CT molecular complexity index is 1590. The van der Waals surface area contributed by atoms with Crippen LogP contribution in [0.25, 0.3) is 10.9 Å². The normalized spacial score (nSPS) is 12.8. The van der Waals surface area contributed by atoms with E-state index in [2.05, 4.69) is 30.6 Å². The van der Waals surface area contributed by atoms with Crippen LogP contribution >= 0.6 is 27.3 Å². The highest BCUT2D eigenvalue weighted by Crippen LogP contribution is 2.29. The Morgan fingerprint density at radius 3 is 2.54 bits per heavy atom. The van der Waals surface area contributed by atoms with Gasteiger partial charge in [0.2, 0.25) is 10.0 Å². The van der Waals surface area contributed by atoms with Crippen LogP contribution in [0.2, 0.25) is 0 Å². The van der Waals surface area contributed by atoms with Gasteiger partial charge in [0.25, 0.3) is 5.69 Å². The molecule has 11 nitrogen and oxygen atoms in total.